The van der Waals surface area contributed by atoms with Gasteiger partial charge < -0.3 is 5.32 Å². The van der Waals surface area contributed by atoms with Crippen LogP contribution < -0.4 is 21.2 Å². The van der Waals surface area contributed by atoms with Crippen LogP contribution in [0.5, 0.6) is 0 Å². The summed E-state index contributed by atoms with van der Waals surface area (Å²) in [5.74, 6) is 3.48. The molecule has 4 aromatic rings. The van der Waals surface area contributed by atoms with Crippen LogP contribution in [-0.2, 0) is 6.42 Å². The number of aromatic nitrogens is 1. The van der Waals surface area contributed by atoms with Gasteiger partial charge in [0.05, 0.1) is 5.69 Å². The first-order valence-corrected chi connectivity index (χ1v) is 13.8. The van der Waals surface area contributed by atoms with Crippen LogP contribution >= 0.6 is 6.89 Å². The molecule has 3 heteroatoms. The Bertz CT molecular complexity index is 1100. The van der Waals surface area contributed by atoms with Gasteiger partial charge in [-0.05, 0) is 53.1 Å². The fraction of sp³-hybridized carbons (Fsp3) is 0.200. The van der Waals surface area contributed by atoms with Crippen LogP contribution in [-0.4, -0.2) is 17.3 Å². The molecule has 2 nitrogen and oxygen atoms in total. The fourth-order valence-electron chi connectivity index (χ4n) is 4.27. The summed E-state index contributed by atoms with van der Waals surface area (Å²) in [7, 11) is 0. The van der Waals surface area contributed by atoms with Crippen molar-refractivity contribution in [3.63, 3.8) is 0 Å². The second-order valence-electron chi connectivity index (χ2n) is 8.34. The maximum Gasteiger partial charge on any atom is 0.129 e. The summed E-state index contributed by atoms with van der Waals surface area (Å²) in [6.07, 6.45) is 3.53. The lowest BCUT2D eigenvalue weighted by atomic mass is 10.1. The van der Waals surface area contributed by atoms with Gasteiger partial charge in [-0.2, -0.15) is 0 Å². The molecule has 0 radical (unpaired) electrons. The quantitative estimate of drug-likeness (QED) is 0.384. The largest absolute Gasteiger partial charge is 0.370 e. The Morgan fingerprint density at radius 3 is 1.70 bits per heavy atom. The van der Waals surface area contributed by atoms with Gasteiger partial charge in [0, 0.05) is 6.54 Å². The van der Waals surface area contributed by atoms with Gasteiger partial charge in [0.1, 0.15) is 5.82 Å². The Hall–Kier alpha value is -3.09. The van der Waals surface area contributed by atoms with Gasteiger partial charge in [-0.3, -0.25) is 0 Å². The van der Waals surface area contributed by atoms with Crippen LogP contribution in [0.2, 0.25) is 0 Å². The number of rotatable bonds is 4. The van der Waals surface area contributed by atoms with Gasteiger partial charge >= 0.3 is 0 Å². The fourth-order valence-corrected chi connectivity index (χ4v) is 8.08. The van der Waals surface area contributed by atoms with Crippen molar-refractivity contribution in [2.45, 2.75) is 33.1 Å². The van der Waals surface area contributed by atoms with Gasteiger partial charge in [-0.15, -0.1) is 0 Å². The molecule has 2 heterocycles. The third-order valence-corrected chi connectivity index (χ3v) is 9.72. The average molecular weight is 453 g/mol. The van der Waals surface area contributed by atoms with Crippen molar-refractivity contribution >= 4 is 34.4 Å². The monoisotopic (exact) mass is 452 g/mol. The normalized spacial score (nSPS) is 12.5. The number of hydrogen-bond donors (Lipinski definition) is 1. The number of pyridine rings is 1. The summed E-state index contributed by atoms with van der Waals surface area (Å²) in [5, 5.41) is 7.52. The minimum Gasteiger partial charge on any atom is -0.370 e. The maximum atomic E-state index is 5.04. The summed E-state index contributed by atoms with van der Waals surface area (Å²) in [6, 6.07) is 37.2. The number of anilines is 1. The molecular formula is C30H33N2P. The van der Waals surface area contributed by atoms with Crippen LogP contribution in [0.1, 0.15) is 37.9 Å². The minimum absolute atomic E-state index is 1.000. The molecule has 1 aliphatic heterocycles. The average Bonchev–Trinajstić information content (AvgIpc) is 2.89. The molecule has 168 valence electrons. The highest BCUT2D eigenvalue weighted by atomic mass is 31.2. The van der Waals surface area contributed by atoms with E-state index < -0.39 is 6.89 Å². The predicted molar refractivity (Wildman–Crippen MR) is 147 cm³/mol. The molecule has 0 amide bonds. The lowest BCUT2D eigenvalue weighted by Crippen LogP contribution is -2.27. The number of nitrogens with one attached hydrogen (secondary N) is 1. The second kappa shape index (κ2) is 11.2. The first-order chi connectivity index (χ1) is 16.3. The smallest absolute Gasteiger partial charge is 0.129 e. The van der Waals surface area contributed by atoms with Crippen molar-refractivity contribution in [3.8, 4) is 0 Å². The Morgan fingerprint density at radius 2 is 1.21 bits per heavy atom. The molecule has 5 rings (SSSR count). The van der Waals surface area contributed by atoms with E-state index in [9.17, 15) is 0 Å². The van der Waals surface area contributed by atoms with Crippen LogP contribution in [0, 0.1) is 0 Å². The molecule has 0 saturated heterocycles. The van der Waals surface area contributed by atoms with Crippen molar-refractivity contribution in [2.24, 2.45) is 0 Å². The van der Waals surface area contributed by atoms with Gasteiger partial charge in [0.15, 0.2) is 0 Å². The van der Waals surface area contributed by atoms with Crippen molar-refractivity contribution in [3.05, 3.63) is 114 Å². The number of aryl methyl sites for hydroxylation is 1. The molecule has 0 spiro atoms. The number of benzene rings is 3. The molecule has 33 heavy (non-hydrogen) atoms. The second-order valence-corrected chi connectivity index (χ2v) is 11.6. The Kier molecular flexibility index (Phi) is 7.81. The number of nitrogens with zero attached hydrogens (tertiary/aromatic N) is 1. The zero-order valence-electron chi connectivity index (χ0n) is 19.6. The highest BCUT2D eigenvalue weighted by Crippen LogP contribution is 2.44. The summed E-state index contributed by atoms with van der Waals surface area (Å²) >= 11 is 0. The van der Waals surface area contributed by atoms with Gasteiger partial charge in [0.2, 0.25) is 0 Å². The highest BCUT2D eigenvalue weighted by Gasteiger charge is 2.25. The van der Waals surface area contributed by atoms with E-state index in [1.807, 2.05) is 0 Å². The van der Waals surface area contributed by atoms with Crippen molar-refractivity contribution in [2.75, 3.05) is 11.9 Å². The summed E-state index contributed by atoms with van der Waals surface area (Å²) < 4.78 is 0. The molecule has 1 aromatic heterocycles. The molecular weight excluding hydrogens is 419 g/mol. The van der Waals surface area contributed by atoms with E-state index in [0.29, 0.717) is 0 Å². The third-order valence-electron chi connectivity index (χ3n) is 5.73. The first-order valence-electron chi connectivity index (χ1n) is 11.9. The summed E-state index contributed by atoms with van der Waals surface area (Å²) in [6.45, 7) is 3.22. The van der Waals surface area contributed by atoms with E-state index in [1.165, 1.54) is 34.3 Å². The number of fused-ring (bicyclic) bond motifs is 1. The van der Waals surface area contributed by atoms with E-state index in [1.54, 1.807) is 0 Å². The molecule has 0 unspecified atom stereocenters. The Balaban J connectivity index is 0.000000821. The van der Waals surface area contributed by atoms with E-state index in [4.69, 9.17) is 4.98 Å². The van der Waals surface area contributed by atoms with Gasteiger partial charge in [0.25, 0.3) is 0 Å². The zero-order chi connectivity index (χ0) is 22.9. The summed E-state index contributed by atoms with van der Waals surface area (Å²) in [5.41, 5.74) is 2.36. The topological polar surface area (TPSA) is 24.9 Å². The van der Waals surface area contributed by atoms with E-state index >= 15 is 0 Å². The lowest BCUT2D eigenvalue weighted by molar-refractivity contribution is 0.817. The van der Waals surface area contributed by atoms with E-state index in [2.05, 4.69) is 128 Å². The number of hydrogen-bond acceptors (Lipinski definition) is 2. The third kappa shape index (κ3) is 5.13. The van der Waals surface area contributed by atoms with Crippen molar-refractivity contribution in [1.82, 2.24) is 4.98 Å². The van der Waals surface area contributed by atoms with Gasteiger partial charge in [-0.25, -0.2) is 4.98 Å². The Morgan fingerprint density at radius 1 is 0.727 bits per heavy atom. The van der Waals surface area contributed by atoms with Crippen LogP contribution in [0.3, 0.4) is 0 Å². The maximum absolute atomic E-state index is 5.04. The van der Waals surface area contributed by atoms with Crippen molar-refractivity contribution < 1.29 is 0 Å². The van der Waals surface area contributed by atoms with E-state index in [-0.39, 0.29) is 0 Å². The molecule has 0 bridgehead atoms. The van der Waals surface area contributed by atoms with Gasteiger partial charge in [-0.1, -0.05) is 117 Å². The molecule has 1 N–H and O–H groups in total. The predicted octanol–water partition coefficient (Wildman–Crippen LogP) is 6.00. The van der Waals surface area contributed by atoms with Crippen LogP contribution in [0.25, 0.3) is 0 Å². The van der Waals surface area contributed by atoms with Crippen molar-refractivity contribution in [1.29, 1.82) is 0 Å². The SMILES string of the molecule is C(c1ccc2c(n1)NCCC2)=P(c1ccccc1)(c1ccccc1)c1ccccc1.CCC. The molecule has 0 fully saturated rings. The van der Waals surface area contributed by atoms with E-state index in [0.717, 1.165) is 24.5 Å². The molecule has 0 aliphatic carbocycles. The van der Waals surface area contributed by atoms with Crippen LogP contribution in [0.4, 0.5) is 5.82 Å². The zero-order valence-corrected chi connectivity index (χ0v) is 20.5. The lowest BCUT2D eigenvalue weighted by Gasteiger charge is -2.29. The first kappa shape index (κ1) is 23.1. The molecule has 0 saturated carbocycles. The highest BCUT2D eigenvalue weighted by molar-refractivity contribution is 7.94. The molecule has 3 aromatic carbocycles. The van der Waals surface area contributed by atoms with Crippen LogP contribution in [0.15, 0.2) is 103 Å². The standard InChI is InChI=1S/C27H25N2P.C3H8/c1-4-12-24(13-5-1)30(25-14-6-2-7-15-25,26-16-8-3-9-17-26)21-23-19-18-22-11-10-20-28-27(22)29-23;1-3-2/h1-9,12-19,21H,10-11,20H2,(H,28,29);3H2,1-2H3. The summed E-state index contributed by atoms with van der Waals surface area (Å²) in [4.78, 5) is 5.04. The Labute approximate surface area is 198 Å². The minimum atomic E-state index is -2.03. The molecule has 0 atom stereocenters. The molecule has 1 aliphatic rings.